The van der Waals surface area contributed by atoms with E-state index in [2.05, 4.69) is 23.8 Å². The summed E-state index contributed by atoms with van der Waals surface area (Å²) >= 11 is 6.74. The van der Waals surface area contributed by atoms with E-state index in [1.54, 1.807) is 21.6 Å². The topological polar surface area (TPSA) is 61.2 Å². The third-order valence-corrected chi connectivity index (χ3v) is 7.38. The minimum absolute atomic E-state index is 0.117. The first kappa shape index (κ1) is 22.9. The molecule has 2 fully saturated rings. The number of unbranched alkanes of at least 4 members (excludes halogenated alkanes) is 2. The highest BCUT2D eigenvalue weighted by atomic mass is 32.2. The standard InChI is InChI=1S/C23H29N5O2S2/c1-4-5-6-9-28-22(30)18(32-23(28)31)15-17-20(26-13-11-25(3)12-14-26)24-19-16(2)8-7-10-27(19)21(17)29/h7-8,10,15H,4-6,9,11-14H2,1-3H3/b18-15-. The smallest absolute Gasteiger partial charge is 0.267 e. The fourth-order valence-electron chi connectivity index (χ4n) is 4.03. The van der Waals surface area contributed by atoms with Gasteiger partial charge in [0.2, 0.25) is 0 Å². The zero-order valence-corrected chi connectivity index (χ0v) is 20.5. The number of carbonyl (C=O) groups excluding carboxylic acids is 1. The molecule has 4 rings (SSSR count). The van der Waals surface area contributed by atoms with Gasteiger partial charge in [0, 0.05) is 38.9 Å². The third kappa shape index (κ3) is 4.46. The molecule has 0 N–H and O–H groups in total. The first-order valence-corrected chi connectivity index (χ1v) is 12.3. The lowest BCUT2D eigenvalue weighted by molar-refractivity contribution is -0.122. The van der Waals surface area contributed by atoms with Gasteiger partial charge in [-0.2, -0.15) is 0 Å². The summed E-state index contributed by atoms with van der Waals surface area (Å²) in [6.45, 7) is 8.06. The number of fused-ring (bicyclic) bond motifs is 1. The summed E-state index contributed by atoms with van der Waals surface area (Å²) in [6.07, 6.45) is 6.49. The van der Waals surface area contributed by atoms with Crippen LogP contribution in [0.5, 0.6) is 0 Å². The van der Waals surface area contributed by atoms with Gasteiger partial charge in [-0.3, -0.25) is 18.9 Å². The number of likely N-dealkylation sites (N-methyl/N-ethyl adjacent to an activating group) is 1. The number of hydrogen-bond acceptors (Lipinski definition) is 7. The molecule has 1 amide bonds. The molecule has 4 heterocycles. The van der Waals surface area contributed by atoms with E-state index in [-0.39, 0.29) is 11.5 Å². The van der Waals surface area contributed by atoms with Crippen LogP contribution in [0, 0.1) is 6.92 Å². The maximum Gasteiger partial charge on any atom is 0.267 e. The van der Waals surface area contributed by atoms with Crippen molar-refractivity contribution in [3.63, 3.8) is 0 Å². The Balaban J connectivity index is 1.78. The van der Waals surface area contributed by atoms with Crippen molar-refractivity contribution in [1.29, 1.82) is 0 Å². The van der Waals surface area contributed by atoms with Crippen LogP contribution in [0.4, 0.5) is 5.82 Å². The van der Waals surface area contributed by atoms with Gasteiger partial charge in [0.05, 0.1) is 10.5 Å². The SMILES string of the molecule is CCCCCN1C(=O)/C(=C/c2c(N3CCN(C)CC3)nc3c(C)cccn3c2=O)SC1=S. The van der Waals surface area contributed by atoms with E-state index in [0.29, 0.717) is 32.8 Å². The number of aryl methyl sites for hydroxylation is 1. The quantitative estimate of drug-likeness (QED) is 0.364. The Morgan fingerprint density at radius 1 is 1.19 bits per heavy atom. The van der Waals surface area contributed by atoms with Crippen LogP contribution in [0.1, 0.15) is 37.3 Å². The summed E-state index contributed by atoms with van der Waals surface area (Å²) in [5, 5.41) is 0. The Bertz CT molecular complexity index is 1140. The van der Waals surface area contributed by atoms with Crippen LogP contribution in [0.25, 0.3) is 11.7 Å². The third-order valence-electron chi connectivity index (χ3n) is 6.00. The Hall–Kier alpha value is -2.23. The van der Waals surface area contributed by atoms with Crippen molar-refractivity contribution < 1.29 is 4.79 Å². The molecule has 170 valence electrons. The molecule has 0 aromatic carbocycles. The Morgan fingerprint density at radius 2 is 1.94 bits per heavy atom. The van der Waals surface area contributed by atoms with E-state index in [1.807, 2.05) is 19.1 Å². The second-order valence-corrected chi connectivity index (χ2v) is 10.0. The Morgan fingerprint density at radius 3 is 2.66 bits per heavy atom. The van der Waals surface area contributed by atoms with Gasteiger partial charge in [0.1, 0.15) is 15.8 Å². The summed E-state index contributed by atoms with van der Waals surface area (Å²) in [5.74, 6) is 0.530. The lowest BCUT2D eigenvalue weighted by Crippen LogP contribution is -2.45. The lowest BCUT2D eigenvalue weighted by atomic mass is 10.2. The van der Waals surface area contributed by atoms with Crippen molar-refractivity contribution in [2.75, 3.05) is 44.7 Å². The molecule has 0 spiro atoms. The number of pyridine rings is 1. The molecular formula is C23H29N5O2S2. The fraction of sp³-hybridized carbons (Fsp3) is 0.478. The molecule has 2 aromatic rings. The first-order valence-electron chi connectivity index (χ1n) is 11.1. The minimum atomic E-state index is -0.163. The number of hydrogen-bond donors (Lipinski definition) is 0. The average molecular weight is 472 g/mol. The summed E-state index contributed by atoms with van der Waals surface area (Å²) in [7, 11) is 2.09. The summed E-state index contributed by atoms with van der Waals surface area (Å²) in [4.78, 5) is 38.1. The number of aromatic nitrogens is 2. The number of rotatable bonds is 6. The molecule has 0 unspecified atom stereocenters. The van der Waals surface area contributed by atoms with E-state index in [1.165, 1.54) is 11.8 Å². The van der Waals surface area contributed by atoms with Crippen LogP contribution in [0.3, 0.4) is 0 Å². The van der Waals surface area contributed by atoms with Gasteiger partial charge in [-0.15, -0.1) is 0 Å². The van der Waals surface area contributed by atoms with Crippen LogP contribution in [-0.2, 0) is 4.79 Å². The molecule has 2 aliphatic rings. The highest BCUT2D eigenvalue weighted by molar-refractivity contribution is 8.26. The monoisotopic (exact) mass is 471 g/mol. The minimum Gasteiger partial charge on any atom is -0.353 e. The number of carbonyl (C=O) groups is 1. The zero-order valence-electron chi connectivity index (χ0n) is 18.8. The van der Waals surface area contributed by atoms with E-state index >= 15 is 0 Å². The van der Waals surface area contributed by atoms with E-state index in [4.69, 9.17) is 17.2 Å². The summed E-state index contributed by atoms with van der Waals surface area (Å²) in [5.41, 5.74) is 1.88. The second kappa shape index (κ2) is 9.72. The van der Waals surface area contributed by atoms with Crippen molar-refractivity contribution >= 4 is 51.7 Å². The number of nitrogens with zero attached hydrogens (tertiary/aromatic N) is 5. The van der Waals surface area contributed by atoms with Crippen molar-refractivity contribution in [1.82, 2.24) is 19.2 Å². The second-order valence-electron chi connectivity index (χ2n) is 8.37. The molecule has 2 aromatic heterocycles. The van der Waals surface area contributed by atoms with Gasteiger partial charge in [0.15, 0.2) is 0 Å². The zero-order chi connectivity index (χ0) is 22.8. The lowest BCUT2D eigenvalue weighted by Gasteiger charge is -2.34. The van der Waals surface area contributed by atoms with Crippen molar-refractivity contribution in [2.45, 2.75) is 33.1 Å². The molecule has 32 heavy (non-hydrogen) atoms. The average Bonchev–Trinajstić information content (AvgIpc) is 3.04. The van der Waals surface area contributed by atoms with E-state index in [9.17, 15) is 9.59 Å². The van der Waals surface area contributed by atoms with Gasteiger partial charge in [-0.25, -0.2) is 4.98 Å². The van der Waals surface area contributed by atoms with Crippen LogP contribution in [-0.4, -0.2) is 69.2 Å². The van der Waals surface area contributed by atoms with Crippen LogP contribution in [0.15, 0.2) is 28.0 Å². The Kier molecular flexibility index (Phi) is 6.97. The first-order chi connectivity index (χ1) is 15.4. The van der Waals surface area contributed by atoms with Crippen LogP contribution >= 0.6 is 24.0 Å². The van der Waals surface area contributed by atoms with Gasteiger partial charge < -0.3 is 9.80 Å². The number of amides is 1. The largest absolute Gasteiger partial charge is 0.353 e. The predicted molar refractivity (Wildman–Crippen MR) is 135 cm³/mol. The molecule has 0 atom stereocenters. The van der Waals surface area contributed by atoms with Crippen molar-refractivity contribution in [3.05, 3.63) is 44.7 Å². The number of thioether (sulfide) groups is 1. The molecule has 0 radical (unpaired) electrons. The normalized spacial score (nSPS) is 19.0. The van der Waals surface area contributed by atoms with Gasteiger partial charge in [-0.05, 0) is 38.1 Å². The van der Waals surface area contributed by atoms with Crippen LogP contribution in [0.2, 0.25) is 0 Å². The Labute approximate surface area is 198 Å². The molecule has 0 bridgehead atoms. The van der Waals surface area contributed by atoms with Gasteiger partial charge >= 0.3 is 0 Å². The summed E-state index contributed by atoms with van der Waals surface area (Å²) < 4.78 is 2.13. The molecule has 2 saturated heterocycles. The van der Waals surface area contributed by atoms with Crippen molar-refractivity contribution in [3.8, 4) is 0 Å². The maximum atomic E-state index is 13.6. The highest BCUT2D eigenvalue weighted by Crippen LogP contribution is 2.34. The molecule has 2 aliphatic heterocycles. The van der Waals surface area contributed by atoms with Gasteiger partial charge in [-0.1, -0.05) is 49.8 Å². The maximum absolute atomic E-state index is 13.6. The highest BCUT2D eigenvalue weighted by Gasteiger charge is 2.32. The fourth-order valence-corrected chi connectivity index (χ4v) is 5.32. The molecule has 0 aliphatic carbocycles. The molecule has 0 saturated carbocycles. The predicted octanol–water partition coefficient (Wildman–Crippen LogP) is 3.15. The number of thiocarbonyl (C=S) groups is 1. The van der Waals surface area contributed by atoms with Crippen molar-refractivity contribution in [2.24, 2.45) is 0 Å². The number of anilines is 1. The van der Waals surface area contributed by atoms with E-state index in [0.717, 1.165) is 51.0 Å². The summed E-state index contributed by atoms with van der Waals surface area (Å²) in [6, 6.07) is 3.80. The van der Waals surface area contributed by atoms with Crippen LogP contribution < -0.4 is 10.5 Å². The van der Waals surface area contributed by atoms with E-state index < -0.39 is 0 Å². The number of piperazine rings is 1. The van der Waals surface area contributed by atoms with Gasteiger partial charge in [0.25, 0.3) is 11.5 Å². The molecular weight excluding hydrogens is 442 g/mol. The molecule has 9 heteroatoms. The molecule has 7 nitrogen and oxygen atoms in total.